The molecule has 3 heteroatoms. The Morgan fingerprint density at radius 2 is 2.10 bits per heavy atom. The van der Waals surface area contributed by atoms with Crippen LogP contribution in [0.3, 0.4) is 0 Å². The summed E-state index contributed by atoms with van der Waals surface area (Å²) < 4.78 is 5.59. The standard InChI is InChI=1S/C17H22O3/c1-3-20-15-11-7-8-12-17(15,19)16(18)13(2)14-9-5-4-6-10-14/h4-6,9-10,15,19H,2-3,7-8,11-12H2,1H3/t15-,17+/m1/s1. The van der Waals surface area contributed by atoms with Crippen molar-refractivity contribution in [2.45, 2.75) is 44.3 Å². The van der Waals surface area contributed by atoms with Gasteiger partial charge in [0.25, 0.3) is 0 Å². The molecule has 3 nitrogen and oxygen atoms in total. The SMILES string of the molecule is C=C(C(=O)[C@]1(O)CCCC[C@H]1OCC)c1ccccc1. The number of carbonyl (C=O) groups excluding carboxylic acids is 1. The molecule has 1 fully saturated rings. The zero-order chi connectivity index (χ0) is 14.6. The molecule has 0 aliphatic heterocycles. The van der Waals surface area contributed by atoms with E-state index in [4.69, 9.17) is 4.74 Å². The zero-order valence-corrected chi connectivity index (χ0v) is 12.0. The van der Waals surface area contributed by atoms with Crippen LogP contribution in [0.15, 0.2) is 36.9 Å². The van der Waals surface area contributed by atoms with Crippen LogP contribution in [-0.2, 0) is 9.53 Å². The number of hydrogen-bond donors (Lipinski definition) is 1. The minimum Gasteiger partial charge on any atom is -0.379 e. The van der Waals surface area contributed by atoms with E-state index >= 15 is 0 Å². The molecule has 0 saturated heterocycles. The van der Waals surface area contributed by atoms with Gasteiger partial charge in [0, 0.05) is 12.2 Å². The Labute approximate surface area is 120 Å². The molecule has 20 heavy (non-hydrogen) atoms. The third-order valence-corrected chi connectivity index (χ3v) is 3.96. The van der Waals surface area contributed by atoms with Gasteiger partial charge in [-0.2, -0.15) is 0 Å². The first-order chi connectivity index (χ1) is 9.59. The summed E-state index contributed by atoms with van der Waals surface area (Å²) in [5, 5.41) is 10.8. The molecule has 0 bridgehead atoms. The topological polar surface area (TPSA) is 46.5 Å². The summed E-state index contributed by atoms with van der Waals surface area (Å²) in [5.74, 6) is -0.304. The fourth-order valence-corrected chi connectivity index (χ4v) is 2.84. The van der Waals surface area contributed by atoms with Crippen molar-refractivity contribution in [3.63, 3.8) is 0 Å². The monoisotopic (exact) mass is 274 g/mol. The zero-order valence-electron chi connectivity index (χ0n) is 12.0. The smallest absolute Gasteiger partial charge is 0.197 e. The Morgan fingerprint density at radius 1 is 1.40 bits per heavy atom. The number of rotatable bonds is 5. The minimum absolute atomic E-state index is 0.304. The normalized spacial score (nSPS) is 26.2. The molecule has 0 spiro atoms. The van der Waals surface area contributed by atoms with Crippen LogP contribution >= 0.6 is 0 Å². The fraction of sp³-hybridized carbons (Fsp3) is 0.471. The quantitative estimate of drug-likeness (QED) is 0.840. The first kappa shape index (κ1) is 14.9. The lowest BCUT2D eigenvalue weighted by Crippen LogP contribution is -2.52. The number of aliphatic hydroxyl groups is 1. The molecule has 0 unspecified atom stereocenters. The van der Waals surface area contributed by atoms with Crippen molar-refractivity contribution < 1.29 is 14.6 Å². The summed E-state index contributed by atoms with van der Waals surface area (Å²) in [6.45, 7) is 6.25. The van der Waals surface area contributed by atoms with Gasteiger partial charge in [0.05, 0.1) is 6.10 Å². The molecule has 1 aliphatic carbocycles. The second-order valence-electron chi connectivity index (χ2n) is 5.29. The fourth-order valence-electron chi connectivity index (χ4n) is 2.84. The summed E-state index contributed by atoms with van der Waals surface area (Å²) in [6.07, 6.45) is 2.57. The molecule has 0 aromatic heterocycles. The second kappa shape index (κ2) is 6.33. The maximum absolute atomic E-state index is 12.7. The maximum Gasteiger partial charge on any atom is 0.197 e. The van der Waals surface area contributed by atoms with Crippen LogP contribution in [0.25, 0.3) is 5.57 Å². The van der Waals surface area contributed by atoms with Crippen molar-refractivity contribution in [3.05, 3.63) is 42.5 Å². The van der Waals surface area contributed by atoms with Crippen LogP contribution in [0.1, 0.15) is 38.2 Å². The molecule has 1 N–H and O–H groups in total. The Morgan fingerprint density at radius 3 is 2.75 bits per heavy atom. The van der Waals surface area contributed by atoms with Crippen molar-refractivity contribution in [2.75, 3.05) is 6.61 Å². The van der Waals surface area contributed by atoms with Crippen molar-refractivity contribution >= 4 is 11.4 Å². The van der Waals surface area contributed by atoms with Gasteiger partial charge in [0.2, 0.25) is 0 Å². The lowest BCUT2D eigenvalue weighted by molar-refractivity contribution is -0.158. The molecular weight excluding hydrogens is 252 g/mol. The average Bonchev–Trinajstić information content (AvgIpc) is 2.49. The Kier molecular flexibility index (Phi) is 4.73. The van der Waals surface area contributed by atoms with Crippen LogP contribution in [0.2, 0.25) is 0 Å². The van der Waals surface area contributed by atoms with Crippen LogP contribution in [0.4, 0.5) is 0 Å². The summed E-state index contributed by atoms with van der Waals surface area (Å²) in [7, 11) is 0. The van der Waals surface area contributed by atoms with Crippen LogP contribution in [0.5, 0.6) is 0 Å². The predicted molar refractivity (Wildman–Crippen MR) is 79.3 cm³/mol. The van der Waals surface area contributed by atoms with Gasteiger partial charge < -0.3 is 9.84 Å². The lowest BCUT2D eigenvalue weighted by atomic mass is 9.76. The van der Waals surface area contributed by atoms with Gasteiger partial charge >= 0.3 is 0 Å². The summed E-state index contributed by atoms with van der Waals surface area (Å²) >= 11 is 0. The summed E-state index contributed by atoms with van der Waals surface area (Å²) in [5.41, 5.74) is -0.312. The van der Waals surface area contributed by atoms with Gasteiger partial charge in [-0.15, -0.1) is 0 Å². The van der Waals surface area contributed by atoms with Gasteiger partial charge in [-0.05, 0) is 31.7 Å². The van der Waals surface area contributed by atoms with Gasteiger partial charge in [0.15, 0.2) is 11.4 Å². The van der Waals surface area contributed by atoms with Crippen molar-refractivity contribution in [1.82, 2.24) is 0 Å². The highest BCUT2D eigenvalue weighted by atomic mass is 16.5. The molecule has 1 aliphatic rings. The molecule has 1 saturated carbocycles. The predicted octanol–water partition coefficient (Wildman–Crippen LogP) is 2.98. The molecular formula is C17H22O3. The molecule has 1 aromatic rings. The number of ketones is 1. The molecule has 1 aromatic carbocycles. The molecule has 0 amide bonds. The number of benzene rings is 1. The number of Topliss-reactive ketones (excluding diaryl/α,β-unsaturated/α-hetero) is 1. The summed E-state index contributed by atoms with van der Waals surface area (Å²) in [6, 6.07) is 9.28. The van der Waals surface area contributed by atoms with Crippen LogP contribution in [-0.4, -0.2) is 29.2 Å². The van der Waals surface area contributed by atoms with Gasteiger partial charge in [-0.1, -0.05) is 43.3 Å². The van der Waals surface area contributed by atoms with E-state index in [9.17, 15) is 9.90 Å². The van der Waals surface area contributed by atoms with E-state index in [1.54, 1.807) is 0 Å². The Bertz CT molecular complexity index is 478. The summed E-state index contributed by atoms with van der Waals surface area (Å²) in [4.78, 5) is 12.7. The van der Waals surface area contributed by atoms with Crippen molar-refractivity contribution in [1.29, 1.82) is 0 Å². The van der Waals surface area contributed by atoms with E-state index in [-0.39, 0.29) is 5.78 Å². The molecule has 0 radical (unpaired) electrons. The van der Waals surface area contributed by atoms with Gasteiger partial charge in [0.1, 0.15) is 0 Å². The van der Waals surface area contributed by atoms with Gasteiger partial charge in [-0.25, -0.2) is 0 Å². The van der Waals surface area contributed by atoms with Crippen LogP contribution in [0, 0.1) is 0 Å². The highest BCUT2D eigenvalue weighted by molar-refractivity contribution is 6.24. The van der Waals surface area contributed by atoms with Crippen molar-refractivity contribution in [2.24, 2.45) is 0 Å². The third-order valence-electron chi connectivity index (χ3n) is 3.96. The second-order valence-corrected chi connectivity index (χ2v) is 5.29. The van der Waals surface area contributed by atoms with E-state index in [0.717, 1.165) is 24.8 Å². The van der Waals surface area contributed by atoms with Crippen molar-refractivity contribution in [3.8, 4) is 0 Å². The average molecular weight is 274 g/mol. The molecule has 2 atom stereocenters. The van der Waals surface area contributed by atoms with Gasteiger partial charge in [-0.3, -0.25) is 4.79 Å². The minimum atomic E-state index is -1.43. The van der Waals surface area contributed by atoms with E-state index in [2.05, 4.69) is 6.58 Å². The first-order valence-corrected chi connectivity index (χ1v) is 7.22. The van der Waals surface area contributed by atoms with E-state index in [1.165, 1.54) is 0 Å². The van der Waals surface area contributed by atoms with E-state index < -0.39 is 11.7 Å². The molecule has 0 heterocycles. The number of hydrogen-bond acceptors (Lipinski definition) is 3. The molecule has 108 valence electrons. The largest absolute Gasteiger partial charge is 0.379 e. The lowest BCUT2D eigenvalue weighted by Gasteiger charge is -2.38. The van der Waals surface area contributed by atoms with Crippen LogP contribution < -0.4 is 0 Å². The third kappa shape index (κ3) is 2.84. The maximum atomic E-state index is 12.7. The number of carbonyl (C=O) groups is 1. The number of ether oxygens (including phenoxy) is 1. The first-order valence-electron chi connectivity index (χ1n) is 7.22. The Hall–Kier alpha value is -1.45. The molecule has 2 rings (SSSR count). The highest BCUT2D eigenvalue weighted by Crippen LogP contribution is 2.35. The van der Waals surface area contributed by atoms with E-state index in [1.807, 2.05) is 37.3 Å². The van der Waals surface area contributed by atoms with E-state index in [0.29, 0.717) is 18.6 Å². The Balaban J connectivity index is 2.23. The highest BCUT2D eigenvalue weighted by Gasteiger charge is 2.46.